The summed E-state index contributed by atoms with van der Waals surface area (Å²) < 4.78 is 13.0. The van der Waals surface area contributed by atoms with Gasteiger partial charge in [0.1, 0.15) is 5.82 Å². The van der Waals surface area contributed by atoms with Gasteiger partial charge in [-0.2, -0.15) is 0 Å². The quantitative estimate of drug-likeness (QED) is 0.801. The first-order valence-electron chi connectivity index (χ1n) is 6.38. The molecule has 3 rings (SSSR count). The number of nitrogens with zero attached hydrogens (tertiary/aromatic N) is 1. The van der Waals surface area contributed by atoms with Crippen molar-refractivity contribution in [2.24, 2.45) is 0 Å². The van der Waals surface area contributed by atoms with Crippen LogP contribution in [-0.4, -0.2) is 5.91 Å². The summed E-state index contributed by atoms with van der Waals surface area (Å²) in [5.74, 6) is -0.125. The second kappa shape index (κ2) is 4.84. The highest BCUT2D eigenvalue weighted by molar-refractivity contribution is 5.96. The molecule has 1 saturated heterocycles. The van der Waals surface area contributed by atoms with E-state index < -0.39 is 0 Å². The topological polar surface area (TPSA) is 20.3 Å². The first kappa shape index (κ1) is 11.9. The molecule has 1 fully saturated rings. The molecule has 0 aliphatic carbocycles. The molecule has 1 aliphatic rings. The van der Waals surface area contributed by atoms with Crippen molar-refractivity contribution in [1.82, 2.24) is 0 Å². The molecule has 1 heterocycles. The highest BCUT2D eigenvalue weighted by Crippen LogP contribution is 2.36. The van der Waals surface area contributed by atoms with Crippen LogP contribution < -0.4 is 4.90 Å². The van der Waals surface area contributed by atoms with Crippen LogP contribution >= 0.6 is 0 Å². The Hall–Kier alpha value is -2.16. The van der Waals surface area contributed by atoms with E-state index in [1.54, 1.807) is 12.1 Å². The predicted octanol–water partition coefficient (Wildman–Crippen LogP) is 3.69. The molecule has 1 unspecified atom stereocenters. The molecular weight excluding hydrogens is 241 g/mol. The third kappa shape index (κ3) is 2.24. The number of anilines is 1. The molecule has 1 amide bonds. The molecule has 0 bridgehead atoms. The number of carbonyl (C=O) groups excluding carboxylic acids is 1. The number of carbonyl (C=O) groups is 1. The maximum Gasteiger partial charge on any atom is 0.227 e. The van der Waals surface area contributed by atoms with Gasteiger partial charge in [0.05, 0.1) is 6.04 Å². The van der Waals surface area contributed by atoms with Gasteiger partial charge in [0.2, 0.25) is 5.91 Å². The molecule has 2 aromatic rings. The third-order valence-electron chi connectivity index (χ3n) is 3.50. The normalized spacial score (nSPS) is 18.9. The van der Waals surface area contributed by atoms with Gasteiger partial charge in [-0.25, -0.2) is 4.39 Å². The molecular formula is C16H14FNO. The number of hydrogen-bond acceptors (Lipinski definition) is 1. The second-order valence-electron chi connectivity index (χ2n) is 4.71. The molecule has 2 nitrogen and oxygen atoms in total. The van der Waals surface area contributed by atoms with Crippen LogP contribution in [-0.2, 0) is 4.79 Å². The molecule has 2 aromatic carbocycles. The van der Waals surface area contributed by atoms with Crippen molar-refractivity contribution < 1.29 is 9.18 Å². The average molecular weight is 255 g/mol. The minimum Gasteiger partial charge on any atom is -0.305 e. The first-order chi connectivity index (χ1) is 9.25. The number of halogens is 1. The molecule has 0 N–H and O–H groups in total. The van der Waals surface area contributed by atoms with Crippen molar-refractivity contribution >= 4 is 11.6 Å². The Morgan fingerprint density at radius 3 is 2.37 bits per heavy atom. The lowest BCUT2D eigenvalue weighted by molar-refractivity contribution is -0.117. The van der Waals surface area contributed by atoms with E-state index in [9.17, 15) is 9.18 Å². The van der Waals surface area contributed by atoms with E-state index >= 15 is 0 Å². The van der Waals surface area contributed by atoms with Crippen LogP contribution in [0.15, 0.2) is 54.6 Å². The van der Waals surface area contributed by atoms with Crippen LogP contribution in [0.5, 0.6) is 0 Å². The van der Waals surface area contributed by atoms with Gasteiger partial charge in [0.25, 0.3) is 0 Å². The van der Waals surface area contributed by atoms with Crippen LogP contribution in [0.25, 0.3) is 0 Å². The van der Waals surface area contributed by atoms with E-state index in [4.69, 9.17) is 0 Å². The first-order valence-corrected chi connectivity index (χ1v) is 6.38. The summed E-state index contributed by atoms with van der Waals surface area (Å²) in [6, 6.07) is 16.0. The van der Waals surface area contributed by atoms with Crippen molar-refractivity contribution in [3.05, 3.63) is 66.0 Å². The van der Waals surface area contributed by atoms with E-state index in [2.05, 4.69) is 0 Å². The Kier molecular flexibility index (Phi) is 3.03. The van der Waals surface area contributed by atoms with Gasteiger partial charge < -0.3 is 4.90 Å². The van der Waals surface area contributed by atoms with Gasteiger partial charge in [-0.3, -0.25) is 4.79 Å². The minimum atomic E-state index is -0.251. The Morgan fingerprint density at radius 1 is 1.00 bits per heavy atom. The number of hydrogen-bond donors (Lipinski definition) is 0. The Labute approximate surface area is 111 Å². The molecule has 0 spiro atoms. The molecule has 0 saturated carbocycles. The second-order valence-corrected chi connectivity index (χ2v) is 4.71. The van der Waals surface area contributed by atoms with Crippen LogP contribution in [0.1, 0.15) is 24.4 Å². The van der Waals surface area contributed by atoms with Crippen LogP contribution in [0.2, 0.25) is 0 Å². The summed E-state index contributed by atoms with van der Waals surface area (Å²) in [7, 11) is 0. The van der Waals surface area contributed by atoms with Crippen molar-refractivity contribution in [1.29, 1.82) is 0 Å². The summed E-state index contributed by atoms with van der Waals surface area (Å²) in [5, 5.41) is 0. The number of amides is 1. The zero-order chi connectivity index (χ0) is 13.2. The average Bonchev–Trinajstić information content (AvgIpc) is 2.82. The third-order valence-corrected chi connectivity index (χ3v) is 3.50. The Balaban J connectivity index is 1.97. The fourth-order valence-corrected chi connectivity index (χ4v) is 2.60. The molecule has 96 valence electrons. The van der Waals surface area contributed by atoms with Crippen LogP contribution in [0.3, 0.4) is 0 Å². The molecule has 19 heavy (non-hydrogen) atoms. The number of rotatable bonds is 2. The summed E-state index contributed by atoms with van der Waals surface area (Å²) in [4.78, 5) is 13.9. The lowest BCUT2D eigenvalue weighted by Crippen LogP contribution is -2.27. The summed E-state index contributed by atoms with van der Waals surface area (Å²) in [6.45, 7) is 0. The Bertz CT molecular complexity index is 579. The highest BCUT2D eigenvalue weighted by atomic mass is 19.1. The Morgan fingerprint density at radius 2 is 1.68 bits per heavy atom. The van der Waals surface area contributed by atoms with Gasteiger partial charge >= 0.3 is 0 Å². The lowest BCUT2D eigenvalue weighted by Gasteiger charge is -2.25. The van der Waals surface area contributed by atoms with Crippen molar-refractivity contribution in [3.63, 3.8) is 0 Å². The SMILES string of the molecule is O=C1CCC(c2ccc(F)cc2)N1c1ccccc1. The van der Waals surface area contributed by atoms with Gasteiger partial charge in [-0.1, -0.05) is 30.3 Å². The van der Waals surface area contributed by atoms with Crippen LogP contribution in [0, 0.1) is 5.82 Å². The van der Waals surface area contributed by atoms with Gasteiger partial charge in [-0.05, 0) is 36.2 Å². The molecule has 3 heteroatoms. The zero-order valence-corrected chi connectivity index (χ0v) is 10.4. The zero-order valence-electron chi connectivity index (χ0n) is 10.4. The largest absolute Gasteiger partial charge is 0.305 e. The van der Waals surface area contributed by atoms with Gasteiger partial charge in [0, 0.05) is 12.1 Å². The van der Waals surface area contributed by atoms with E-state index in [0.717, 1.165) is 17.7 Å². The van der Waals surface area contributed by atoms with Crippen molar-refractivity contribution in [3.8, 4) is 0 Å². The molecule has 1 aliphatic heterocycles. The lowest BCUT2D eigenvalue weighted by atomic mass is 10.0. The maximum atomic E-state index is 13.0. The predicted molar refractivity (Wildman–Crippen MR) is 72.3 cm³/mol. The fraction of sp³-hybridized carbons (Fsp3) is 0.188. The van der Waals surface area contributed by atoms with E-state index in [1.807, 2.05) is 35.2 Å². The molecule has 0 radical (unpaired) electrons. The van der Waals surface area contributed by atoms with Crippen molar-refractivity contribution in [2.75, 3.05) is 4.90 Å². The fourth-order valence-electron chi connectivity index (χ4n) is 2.60. The summed E-state index contributed by atoms with van der Waals surface area (Å²) in [5.41, 5.74) is 1.88. The molecule has 0 aromatic heterocycles. The van der Waals surface area contributed by atoms with Gasteiger partial charge in [0.15, 0.2) is 0 Å². The maximum absolute atomic E-state index is 13.0. The highest BCUT2D eigenvalue weighted by Gasteiger charge is 2.32. The standard InChI is InChI=1S/C16H14FNO/c17-13-8-6-12(7-9-13)15-10-11-16(19)18(15)14-4-2-1-3-5-14/h1-9,15H,10-11H2. The monoisotopic (exact) mass is 255 g/mol. The van der Waals surface area contributed by atoms with Crippen molar-refractivity contribution in [2.45, 2.75) is 18.9 Å². The molecule has 1 atom stereocenters. The van der Waals surface area contributed by atoms with Gasteiger partial charge in [-0.15, -0.1) is 0 Å². The summed E-state index contributed by atoms with van der Waals surface area (Å²) in [6.07, 6.45) is 1.32. The van der Waals surface area contributed by atoms with Crippen LogP contribution in [0.4, 0.5) is 10.1 Å². The van der Waals surface area contributed by atoms with E-state index in [0.29, 0.717) is 6.42 Å². The van der Waals surface area contributed by atoms with E-state index in [-0.39, 0.29) is 17.8 Å². The van der Waals surface area contributed by atoms with E-state index in [1.165, 1.54) is 12.1 Å². The minimum absolute atomic E-state index is 0.00972. The number of benzene rings is 2. The smallest absolute Gasteiger partial charge is 0.227 e. The number of para-hydroxylation sites is 1. The summed E-state index contributed by atoms with van der Waals surface area (Å²) >= 11 is 0.